The molecule has 0 amide bonds. The van der Waals surface area contributed by atoms with Crippen LogP contribution in [-0.2, 0) is 4.74 Å². The van der Waals surface area contributed by atoms with Crippen molar-refractivity contribution in [1.82, 2.24) is 5.16 Å². The average molecular weight is 308 g/mol. The summed E-state index contributed by atoms with van der Waals surface area (Å²) in [5.41, 5.74) is 1.27. The van der Waals surface area contributed by atoms with Crippen LogP contribution in [0.1, 0.15) is 16.1 Å². The van der Waals surface area contributed by atoms with E-state index in [-0.39, 0.29) is 5.56 Å². The van der Waals surface area contributed by atoms with Crippen LogP contribution in [-0.4, -0.2) is 32.3 Å². The second kappa shape index (κ2) is 6.56. The van der Waals surface area contributed by atoms with E-state index in [1.807, 2.05) is 26.4 Å². The Morgan fingerprint density at radius 3 is 2.71 bits per heavy atom. The van der Waals surface area contributed by atoms with Crippen molar-refractivity contribution in [2.75, 3.05) is 21.2 Å². The molecule has 0 aliphatic heterocycles. The Morgan fingerprint density at radius 2 is 2.10 bits per heavy atom. The molecule has 1 heterocycles. The maximum Gasteiger partial charge on any atom is 0.344 e. The maximum absolute atomic E-state index is 12.0. The van der Waals surface area contributed by atoms with Crippen LogP contribution in [0.25, 0.3) is 17.3 Å². The molecular formula is C15H16ClN2O3+. The summed E-state index contributed by atoms with van der Waals surface area (Å²) in [6, 6.07) is 7.12. The van der Waals surface area contributed by atoms with Crippen LogP contribution in [0.3, 0.4) is 0 Å². The molecule has 2 rings (SSSR count). The third-order valence-electron chi connectivity index (χ3n) is 2.81. The van der Waals surface area contributed by atoms with E-state index in [0.717, 1.165) is 4.90 Å². The van der Waals surface area contributed by atoms with E-state index in [9.17, 15) is 4.79 Å². The monoisotopic (exact) mass is 307 g/mol. The van der Waals surface area contributed by atoms with Gasteiger partial charge >= 0.3 is 5.97 Å². The number of halogens is 1. The molecule has 21 heavy (non-hydrogen) atoms. The lowest BCUT2D eigenvalue weighted by Crippen LogP contribution is -3.00. The minimum absolute atomic E-state index is 0.267. The van der Waals surface area contributed by atoms with Gasteiger partial charge in [0.1, 0.15) is 11.3 Å². The first-order chi connectivity index (χ1) is 10.0. The molecule has 0 aliphatic rings. The molecular weight excluding hydrogens is 292 g/mol. The summed E-state index contributed by atoms with van der Waals surface area (Å²) in [5, 5.41) is 4.46. The number of nitrogens with one attached hydrogen (secondary N) is 1. The molecule has 1 aromatic carbocycles. The van der Waals surface area contributed by atoms with Crippen molar-refractivity contribution in [3.8, 4) is 11.3 Å². The highest BCUT2D eigenvalue weighted by molar-refractivity contribution is 6.33. The molecule has 0 unspecified atom stereocenters. The number of quaternary nitrogens is 1. The standard InChI is InChI=1S/C15H15ClN2O3/c1-18(2)9-8-12-13(15(19)20-3)14(17-21-12)10-6-4-5-7-11(10)16/h4-9H,1-3H3/p+1/b9-8+. The van der Waals surface area contributed by atoms with E-state index in [1.165, 1.54) is 7.11 Å². The molecule has 0 saturated heterocycles. The summed E-state index contributed by atoms with van der Waals surface area (Å²) in [5.74, 6) is -0.169. The van der Waals surface area contributed by atoms with Crippen molar-refractivity contribution in [2.24, 2.45) is 0 Å². The molecule has 0 fully saturated rings. The first-order valence-corrected chi connectivity index (χ1v) is 6.73. The highest BCUT2D eigenvalue weighted by atomic mass is 35.5. The number of nitrogens with zero attached hydrogens (tertiary/aromatic N) is 1. The fraction of sp³-hybridized carbons (Fsp3) is 0.200. The van der Waals surface area contributed by atoms with Crippen LogP contribution in [0.4, 0.5) is 0 Å². The lowest BCUT2D eigenvalue weighted by molar-refractivity contribution is -0.800. The number of carbonyl (C=O) groups excluding carboxylic acids is 1. The fourth-order valence-corrected chi connectivity index (χ4v) is 2.02. The Kier molecular flexibility index (Phi) is 4.77. The SMILES string of the molecule is COC(=O)c1c(-c2ccccc2Cl)noc1/C=C/[NH+](C)C. The predicted molar refractivity (Wildman–Crippen MR) is 80.1 cm³/mol. The zero-order chi connectivity index (χ0) is 15.4. The molecule has 2 aromatic rings. The van der Waals surface area contributed by atoms with Crippen molar-refractivity contribution in [3.63, 3.8) is 0 Å². The number of esters is 1. The third kappa shape index (κ3) is 3.32. The maximum atomic E-state index is 12.0. The van der Waals surface area contributed by atoms with Crippen molar-refractivity contribution >= 4 is 23.6 Å². The second-order valence-electron chi connectivity index (χ2n) is 4.65. The van der Waals surface area contributed by atoms with Gasteiger partial charge in [0, 0.05) is 11.6 Å². The van der Waals surface area contributed by atoms with Gasteiger partial charge in [-0.25, -0.2) is 4.79 Å². The van der Waals surface area contributed by atoms with E-state index in [0.29, 0.717) is 22.0 Å². The molecule has 1 N–H and O–H groups in total. The van der Waals surface area contributed by atoms with Crippen LogP contribution in [0.15, 0.2) is 35.0 Å². The normalized spacial score (nSPS) is 11.3. The summed E-state index contributed by atoms with van der Waals surface area (Å²) in [7, 11) is 5.20. The first-order valence-electron chi connectivity index (χ1n) is 6.35. The smallest absolute Gasteiger partial charge is 0.344 e. The van der Waals surface area contributed by atoms with Crippen LogP contribution < -0.4 is 4.90 Å². The largest absolute Gasteiger partial charge is 0.465 e. The van der Waals surface area contributed by atoms with Crippen LogP contribution in [0.5, 0.6) is 0 Å². The molecule has 0 atom stereocenters. The molecule has 0 bridgehead atoms. The van der Waals surface area contributed by atoms with Crippen molar-refractivity contribution in [3.05, 3.63) is 46.8 Å². The Hall–Kier alpha value is -2.11. The van der Waals surface area contributed by atoms with Gasteiger partial charge in [-0.1, -0.05) is 35.0 Å². The van der Waals surface area contributed by atoms with Crippen LogP contribution >= 0.6 is 11.6 Å². The summed E-state index contributed by atoms with van der Waals surface area (Å²) in [6.07, 6.45) is 3.53. The van der Waals surface area contributed by atoms with E-state index < -0.39 is 5.97 Å². The van der Waals surface area contributed by atoms with Gasteiger partial charge in [0.05, 0.1) is 32.4 Å². The van der Waals surface area contributed by atoms with Crippen molar-refractivity contribution < 1.29 is 19.0 Å². The van der Waals surface area contributed by atoms with Gasteiger partial charge in [-0.2, -0.15) is 0 Å². The summed E-state index contributed by atoms with van der Waals surface area (Å²) in [4.78, 5) is 13.1. The van der Waals surface area contributed by atoms with E-state index >= 15 is 0 Å². The highest BCUT2D eigenvalue weighted by Crippen LogP contribution is 2.31. The molecule has 0 spiro atoms. The van der Waals surface area contributed by atoms with Gasteiger partial charge in [-0.05, 0) is 6.07 Å². The number of aromatic nitrogens is 1. The molecule has 0 aliphatic carbocycles. The lowest BCUT2D eigenvalue weighted by atomic mass is 10.1. The average Bonchev–Trinajstić information content (AvgIpc) is 2.88. The van der Waals surface area contributed by atoms with Crippen LogP contribution in [0.2, 0.25) is 5.02 Å². The molecule has 0 saturated carbocycles. The molecule has 6 heteroatoms. The minimum Gasteiger partial charge on any atom is -0.465 e. The van der Waals surface area contributed by atoms with Gasteiger partial charge in [-0.3, -0.25) is 0 Å². The Bertz CT molecular complexity index is 677. The van der Waals surface area contributed by atoms with Gasteiger partial charge in [-0.15, -0.1) is 0 Å². The first kappa shape index (κ1) is 15.3. The van der Waals surface area contributed by atoms with Crippen LogP contribution in [0, 0.1) is 0 Å². The topological polar surface area (TPSA) is 56.8 Å². The quantitative estimate of drug-likeness (QED) is 0.877. The summed E-state index contributed by atoms with van der Waals surface area (Å²) < 4.78 is 10.1. The zero-order valence-electron chi connectivity index (χ0n) is 12.0. The molecule has 110 valence electrons. The Balaban J connectivity index is 2.57. The highest BCUT2D eigenvalue weighted by Gasteiger charge is 2.24. The van der Waals surface area contributed by atoms with Gasteiger partial charge < -0.3 is 14.2 Å². The van der Waals surface area contributed by atoms with Gasteiger partial charge in [0.15, 0.2) is 5.76 Å². The van der Waals surface area contributed by atoms with E-state index in [1.54, 1.807) is 24.3 Å². The van der Waals surface area contributed by atoms with Crippen molar-refractivity contribution in [1.29, 1.82) is 0 Å². The third-order valence-corrected chi connectivity index (χ3v) is 3.13. The van der Waals surface area contributed by atoms with Gasteiger partial charge in [0.25, 0.3) is 0 Å². The van der Waals surface area contributed by atoms with Crippen molar-refractivity contribution in [2.45, 2.75) is 0 Å². The molecule has 5 nitrogen and oxygen atoms in total. The number of carbonyl (C=O) groups is 1. The van der Waals surface area contributed by atoms with E-state index in [4.69, 9.17) is 20.9 Å². The number of hydrogen-bond donors (Lipinski definition) is 1. The number of hydrogen-bond acceptors (Lipinski definition) is 4. The number of benzene rings is 1. The van der Waals surface area contributed by atoms with E-state index in [2.05, 4.69) is 5.16 Å². The fourth-order valence-electron chi connectivity index (χ4n) is 1.80. The number of methoxy groups -OCH3 is 1. The lowest BCUT2D eigenvalue weighted by Gasteiger charge is -2.03. The summed E-state index contributed by atoms with van der Waals surface area (Å²) >= 11 is 6.16. The predicted octanol–water partition coefficient (Wildman–Crippen LogP) is 1.90. The van der Waals surface area contributed by atoms with Gasteiger partial charge in [0.2, 0.25) is 0 Å². The molecule has 0 radical (unpaired) electrons. The Labute approximate surface area is 127 Å². The minimum atomic E-state index is -0.514. The zero-order valence-corrected chi connectivity index (χ0v) is 12.8. The number of ether oxygens (including phenoxy) is 1. The summed E-state index contributed by atoms with van der Waals surface area (Å²) in [6.45, 7) is 0. The molecule has 1 aromatic heterocycles. The second-order valence-corrected chi connectivity index (χ2v) is 5.06. The Morgan fingerprint density at radius 1 is 1.38 bits per heavy atom. The number of rotatable bonds is 4.